The Morgan fingerprint density at radius 1 is 1.00 bits per heavy atom. The van der Waals surface area contributed by atoms with Gasteiger partial charge in [-0.25, -0.2) is 0 Å². The van der Waals surface area contributed by atoms with E-state index in [2.05, 4.69) is 14.9 Å². The number of aromatic nitrogens is 2. The van der Waals surface area contributed by atoms with Gasteiger partial charge in [0.05, 0.1) is 0 Å². The molecule has 2 aromatic heterocycles. The molecule has 25 heavy (non-hydrogen) atoms. The van der Waals surface area contributed by atoms with Crippen molar-refractivity contribution < 1.29 is 4.79 Å². The van der Waals surface area contributed by atoms with E-state index in [1.807, 2.05) is 30.3 Å². The van der Waals surface area contributed by atoms with Crippen LogP contribution in [-0.4, -0.2) is 47.0 Å². The Bertz CT molecular complexity index is 960. The van der Waals surface area contributed by atoms with Gasteiger partial charge in [0.1, 0.15) is 5.69 Å². The summed E-state index contributed by atoms with van der Waals surface area (Å²) < 4.78 is 0. The Labute approximate surface area is 144 Å². The number of hydrogen-bond donors (Lipinski definition) is 1. The zero-order valence-corrected chi connectivity index (χ0v) is 13.7. The lowest BCUT2D eigenvalue weighted by molar-refractivity contribution is 0.0741. The molecule has 0 atom stereocenters. The van der Waals surface area contributed by atoms with Crippen molar-refractivity contribution in [2.45, 2.75) is 0 Å². The maximum atomic E-state index is 12.8. The van der Waals surface area contributed by atoms with E-state index < -0.39 is 0 Å². The maximum absolute atomic E-state index is 12.8. The van der Waals surface area contributed by atoms with Crippen molar-refractivity contribution >= 4 is 22.4 Å². The lowest BCUT2D eigenvalue weighted by Gasteiger charge is -2.36. The van der Waals surface area contributed by atoms with Gasteiger partial charge in [-0.15, -0.1) is 0 Å². The SMILES string of the molecule is O=C(c1cc2ccccc2c(=O)[nH]1)N1CCN(c2ccncc2)CC1. The second-order valence-corrected chi connectivity index (χ2v) is 6.08. The second-order valence-electron chi connectivity index (χ2n) is 6.08. The van der Waals surface area contributed by atoms with Crippen molar-refractivity contribution in [3.63, 3.8) is 0 Å². The van der Waals surface area contributed by atoms with Gasteiger partial charge in [0.15, 0.2) is 0 Å². The number of hydrogen-bond acceptors (Lipinski definition) is 4. The fourth-order valence-electron chi connectivity index (χ4n) is 3.22. The average molecular weight is 334 g/mol. The van der Waals surface area contributed by atoms with Crippen LogP contribution < -0.4 is 10.5 Å². The molecule has 1 aliphatic rings. The van der Waals surface area contributed by atoms with E-state index in [4.69, 9.17) is 0 Å². The van der Waals surface area contributed by atoms with Crippen molar-refractivity contribution in [3.8, 4) is 0 Å². The second kappa shape index (κ2) is 6.39. The number of benzene rings is 1. The molecular weight excluding hydrogens is 316 g/mol. The van der Waals surface area contributed by atoms with Gasteiger partial charge < -0.3 is 14.8 Å². The first-order chi connectivity index (χ1) is 12.2. The van der Waals surface area contributed by atoms with Gasteiger partial charge in [-0.1, -0.05) is 18.2 Å². The third-order valence-electron chi connectivity index (χ3n) is 4.58. The summed E-state index contributed by atoms with van der Waals surface area (Å²) >= 11 is 0. The Hall–Kier alpha value is -3.15. The van der Waals surface area contributed by atoms with Crippen molar-refractivity contribution in [2.24, 2.45) is 0 Å². The smallest absolute Gasteiger partial charge is 0.270 e. The van der Waals surface area contributed by atoms with Crippen LogP contribution in [0, 0.1) is 0 Å². The summed E-state index contributed by atoms with van der Waals surface area (Å²) in [6, 6.07) is 13.0. The standard InChI is InChI=1S/C19H18N4O2/c24-18-16-4-2-1-3-14(16)13-17(21-18)19(25)23-11-9-22(10-12-23)15-5-7-20-8-6-15/h1-8,13H,9-12H2,(H,21,24). The number of fused-ring (bicyclic) bond motifs is 1. The summed E-state index contributed by atoms with van der Waals surface area (Å²) in [7, 11) is 0. The number of nitrogens with one attached hydrogen (secondary N) is 1. The molecule has 1 saturated heterocycles. The summed E-state index contributed by atoms with van der Waals surface area (Å²) in [6.45, 7) is 2.76. The number of pyridine rings is 2. The Kier molecular flexibility index (Phi) is 3.93. The van der Waals surface area contributed by atoms with Crippen LogP contribution in [0.2, 0.25) is 0 Å². The number of anilines is 1. The minimum absolute atomic E-state index is 0.128. The van der Waals surface area contributed by atoms with Crippen LogP contribution in [0.5, 0.6) is 0 Å². The van der Waals surface area contributed by atoms with Crippen LogP contribution in [0.1, 0.15) is 10.5 Å². The molecule has 0 unspecified atom stereocenters. The first kappa shape index (κ1) is 15.4. The van der Waals surface area contributed by atoms with Gasteiger partial charge in [-0.3, -0.25) is 14.6 Å². The van der Waals surface area contributed by atoms with E-state index in [9.17, 15) is 9.59 Å². The van der Waals surface area contributed by atoms with Crippen LogP contribution in [0.4, 0.5) is 5.69 Å². The van der Waals surface area contributed by atoms with Crippen molar-refractivity contribution in [2.75, 3.05) is 31.1 Å². The van der Waals surface area contributed by atoms with Gasteiger partial charge >= 0.3 is 0 Å². The monoisotopic (exact) mass is 334 g/mol. The molecule has 0 bridgehead atoms. The highest BCUT2D eigenvalue weighted by atomic mass is 16.2. The highest BCUT2D eigenvalue weighted by Crippen LogP contribution is 2.16. The van der Waals surface area contributed by atoms with E-state index in [1.165, 1.54) is 0 Å². The van der Waals surface area contributed by atoms with E-state index >= 15 is 0 Å². The molecule has 1 amide bonds. The van der Waals surface area contributed by atoms with E-state index in [0.29, 0.717) is 24.2 Å². The summed E-state index contributed by atoms with van der Waals surface area (Å²) in [6.07, 6.45) is 3.54. The van der Waals surface area contributed by atoms with Crippen LogP contribution in [-0.2, 0) is 0 Å². The van der Waals surface area contributed by atoms with Gasteiger partial charge in [-0.05, 0) is 29.7 Å². The van der Waals surface area contributed by atoms with Crippen LogP contribution in [0.3, 0.4) is 0 Å². The molecule has 1 fully saturated rings. The van der Waals surface area contributed by atoms with E-state index in [0.717, 1.165) is 24.2 Å². The number of carbonyl (C=O) groups is 1. The van der Waals surface area contributed by atoms with Gasteiger partial charge in [-0.2, -0.15) is 0 Å². The zero-order chi connectivity index (χ0) is 17.2. The maximum Gasteiger partial charge on any atom is 0.270 e. The predicted molar refractivity (Wildman–Crippen MR) is 96.9 cm³/mol. The van der Waals surface area contributed by atoms with Crippen LogP contribution in [0.15, 0.2) is 59.7 Å². The Morgan fingerprint density at radius 3 is 2.48 bits per heavy atom. The zero-order valence-electron chi connectivity index (χ0n) is 13.7. The van der Waals surface area contributed by atoms with E-state index in [-0.39, 0.29) is 11.5 Å². The lowest BCUT2D eigenvalue weighted by atomic mass is 10.1. The molecule has 1 aromatic carbocycles. The predicted octanol–water partition coefficient (Wildman–Crippen LogP) is 1.89. The number of rotatable bonds is 2. The van der Waals surface area contributed by atoms with Gasteiger partial charge in [0.2, 0.25) is 0 Å². The first-order valence-electron chi connectivity index (χ1n) is 8.29. The molecule has 6 heteroatoms. The molecule has 6 nitrogen and oxygen atoms in total. The summed E-state index contributed by atoms with van der Waals surface area (Å²) in [5, 5.41) is 1.38. The molecule has 126 valence electrons. The molecule has 4 rings (SSSR count). The number of amides is 1. The fourth-order valence-corrected chi connectivity index (χ4v) is 3.22. The molecule has 1 N–H and O–H groups in total. The minimum atomic E-state index is -0.225. The highest BCUT2D eigenvalue weighted by Gasteiger charge is 2.23. The Morgan fingerprint density at radius 2 is 1.72 bits per heavy atom. The number of carbonyl (C=O) groups excluding carboxylic acids is 1. The molecule has 1 aliphatic heterocycles. The van der Waals surface area contributed by atoms with Gasteiger partial charge in [0.25, 0.3) is 11.5 Å². The molecule has 3 heterocycles. The first-order valence-corrected chi connectivity index (χ1v) is 8.29. The summed E-state index contributed by atoms with van der Waals surface area (Å²) in [4.78, 5) is 35.7. The normalized spacial score (nSPS) is 14.7. The largest absolute Gasteiger partial charge is 0.368 e. The number of aromatic amines is 1. The fraction of sp³-hybridized carbons (Fsp3) is 0.211. The molecule has 0 saturated carbocycles. The molecule has 0 aliphatic carbocycles. The quantitative estimate of drug-likeness (QED) is 0.777. The third-order valence-corrected chi connectivity index (χ3v) is 4.58. The summed E-state index contributed by atoms with van der Waals surface area (Å²) in [5.74, 6) is -0.128. The molecule has 0 radical (unpaired) electrons. The van der Waals surface area contributed by atoms with Gasteiger partial charge in [0, 0.05) is 49.6 Å². The number of H-pyrrole nitrogens is 1. The van der Waals surface area contributed by atoms with Crippen LogP contribution >= 0.6 is 0 Å². The van der Waals surface area contributed by atoms with Crippen LogP contribution in [0.25, 0.3) is 10.8 Å². The molecular formula is C19H18N4O2. The third kappa shape index (κ3) is 2.98. The molecule has 0 spiro atoms. The number of nitrogens with zero attached hydrogens (tertiary/aromatic N) is 3. The van der Waals surface area contributed by atoms with E-state index in [1.54, 1.807) is 29.4 Å². The molecule has 3 aromatic rings. The lowest BCUT2D eigenvalue weighted by Crippen LogP contribution is -2.49. The van der Waals surface area contributed by atoms with Crippen molar-refractivity contribution in [3.05, 3.63) is 70.9 Å². The topological polar surface area (TPSA) is 69.3 Å². The average Bonchev–Trinajstić information content (AvgIpc) is 2.68. The van der Waals surface area contributed by atoms with Crippen molar-refractivity contribution in [1.29, 1.82) is 0 Å². The Balaban J connectivity index is 1.52. The number of piperazine rings is 1. The minimum Gasteiger partial charge on any atom is -0.368 e. The van der Waals surface area contributed by atoms with Crippen molar-refractivity contribution in [1.82, 2.24) is 14.9 Å². The summed E-state index contributed by atoms with van der Waals surface area (Å²) in [5.41, 5.74) is 1.24. The highest BCUT2D eigenvalue weighted by molar-refractivity contribution is 5.96.